The van der Waals surface area contributed by atoms with E-state index in [9.17, 15) is 10.2 Å². The molecule has 1 fully saturated rings. The minimum atomic E-state index is -0.775. The van der Waals surface area contributed by atoms with Crippen LogP contribution in [0.25, 0.3) is 0 Å². The summed E-state index contributed by atoms with van der Waals surface area (Å²) in [5.41, 5.74) is -0.144. The van der Waals surface area contributed by atoms with Crippen LogP contribution in [0, 0.1) is 0 Å². The molecule has 0 aromatic heterocycles. The van der Waals surface area contributed by atoms with E-state index in [4.69, 9.17) is 0 Å². The molecule has 2 rings (SSSR count). The molecule has 2 aliphatic rings. The first kappa shape index (κ1) is 8.27. The molecule has 0 amide bonds. The van der Waals surface area contributed by atoms with Gasteiger partial charge in [0.1, 0.15) is 0 Å². The average Bonchev–Trinajstić information content (AvgIpc) is 1.79. The second kappa shape index (κ2) is 2.33. The van der Waals surface area contributed by atoms with Gasteiger partial charge in [-0.15, -0.1) is 0 Å². The molecule has 2 atom stereocenters. The SMILES string of the molecule is CC1(O)C=C2CCCC(O)(C2)C1. The van der Waals surface area contributed by atoms with Crippen LogP contribution in [0.2, 0.25) is 0 Å². The molecule has 0 spiro atoms. The van der Waals surface area contributed by atoms with Gasteiger partial charge in [-0.05, 0) is 32.6 Å². The van der Waals surface area contributed by atoms with E-state index in [1.165, 1.54) is 5.57 Å². The van der Waals surface area contributed by atoms with E-state index in [1.807, 2.05) is 6.08 Å². The van der Waals surface area contributed by atoms with Gasteiger partial charge in [0.25, 0.3) is 0 Å². The summed E-state index contributed by atoms with van der Waals surface area (Å²) in [5.74, 6) is 0. The van der Waals surface area contributed by atoms with E-state index in [0.717, 1.165) is 25.7 Å². The van der Waals surface area contributed by atoms with E-state index in [-0.39, 0.29) is 0 Å². The molecule has 0 aromatic rings. The molecule has 12 heavy (non-hydrogen) atoms. The first-order valence-electron chi connectivity index (χ1n) is 4.65. The van der Waals surface area contributed by atoms with Crippen LogP contribution >= 0.6 is 0 Å². The average molecular weight is 168 g/mol. The second-order valence-electron chi connectivity index (χ2n) is 4.59. The standard InChI is InChI=1S/C10H16O2/c1-9(11)5-8-3-2-4-10(12,6-8)7-9/h5,11-12H,2-4,6-7H2,1H3. The third-order valence-corrected chi connectivity index (χ3v) is 2.90. The van der Waals surface area contributed by atoms with Gasteiger partial charge in [0.15, 0.2) is 0 Å². The first-order valence-corrected chi connectivity index (χ1v) is 4.65. The van der Waals surface area contributed by atoms with Crippen LogP contribution in [-0.2, 0) is 0 Å². The minimum absolute atomic E-state index is 0.503. The molecule has 0 aliphatic heterocycles. The van der Waals surface area contributed by atoms with Gasteiger partial charge in [-0.3, -0.25) is 0 Å². The Morgan fingerprint density at radius 3 is 2.83 bits per heavy atom. The quantitative estimate of drug-likeness (QED) is 0.536. The summed E-state index contributed by atoms with van der Waals surface area (Å²) < 4.78 is 0. The Bertz CT molecular complexity index is 230. The molecular formula is C10H16O2. The fourth-order valence-corrected chi connectivity index (χ4v) is 2.68. The van der Waals surface area contributed by atoms with E-state index < -0.39 is 11.2 Å². The normalized spacial score (nSPS) is 47.1. The molecule has 0 saturated heterocycles. The van der Waals surface area contributed by atoms with E-state index in [1.54, 1.807) is 6.92 Å². The van der Waals surface area contributed by atoms with E-state index >= 15 is 0 Å². The Hall–Kier alpha value is -0.340. The number of hydrogen-bond donors (Lipinski definition) is 2. The fourth-order valence-electron chi connectivity index (χ4n) is 2.68. The van der Waals surface area contributed by atoms with E-state index in [2.05, 4.69) is 0 Å². The summed E-state index contributed by atoms with van der Waals surface area (Å²) in [6.07, 6.45) is 6.19. The zero-order valence-electron chi connectivity index (χ0n) is 7.51. The maximum absolute atomic E-state index is 10.0. The monoisotopic (exact) mass is 168 g/mol. The summed E-state index contributed by atoms with van der Waals surface area (Å²) >= 11 is 0. The predicted molar refractivity (Wildman–Crippen MR) is 46.7 cm³/mol. The Balaban J connectivity index is 2.31. The Morgan fingerprint density at radius 2 is 2.17 bits per heavy atom. The van der Waals surface area contributed by atoms with Gasteiger partial charge in [-0.2, -0.15) is 0 Å². The molecule has 68 valence electrons. The van der Waals surface area contributed by atoms with Crippen molar-refractivity contribution in [3.8, 4) is 0 Å². The van der Waals surface area contributed by atoms with Crippen molar-refractivity contribution in [3.63, 3.8) is 0 Å². The van der Waals surface area contributed by atoms with Crippen LogP contribution in [0.3, 0.4) is 0 Å². The minimum Gasteiger partial charge on any atom is -0.389 e. The highest BCUT2D eigenvalue weighted by atomic mass is 16.3. The molecule has 1 saturated carbocycles. The highest BCUT2D eigenvalue weighted by Gasteiger charge is 2.41. The predicted octanol–water partition coefficient (Wildman–Crippen LogP) is 1.37. The molecule has 0 radical (unpaired) electrons. The third-order valence-electron chi connectivity index (χ3n) is 2.90. The molecule has 2 aliphatic carbocycles. The van der Waals surface area contributed by atoms with Crippen molar-refractivity contribution < 1.29 is 10.2 Å². The van der Waals surface area contributed by atoms with Crippen molar-refractivity contribution in [2.45, 2.75) is 50.2 Å². The van der Waals surface area contributed by atoms with Gasteiger partial charge in [-0.25, -0.2) is 0 Å². The summed E-state index contributed by atoms with van der Waals surface area (Å²) in [7, 11) is 0. The third kappa shape index (κ3) is 1.41. The Kier molecular flexibility index (Phi) is 1.61. The van der Waals surface area contributed by atoms with Crippen molar-refractivity contribution in [1.82, 2.24) is 0 Å². The van der Waals surface area contributed by atoms with Crippen molar-refractivity contribution in [1.29, 1.82) is 0 Å². The van der Waals surface area contributed by atoms with Gasteiger partial charge in [0, 0.05) is 6.42 Å². The molecule has 2 unspecified atom stereocenters. The number of hydrogen-bond acceptors (Lipinski definition) is 2. The molecule has 2 heteroatoms. The van der Waals surface area contributed by atoms with Crippen LogP contribution in [0.5, 0.6) is 0 Å². The summed E-state index contributed by atoms with van der Waals surface area (Å²) in [5, 5.41) is 19.8. The molecular weight excluding hydrogens is 152 g/mol. The summed E-state index contributed by atoms with van der Waals surface area (Å²) in [4.78, 5) is 0. The van der Waals surface area contributed by atoms with Gasteiger partial charge < -0.3 is 10.2 Å². The van der Waals surface area contributed by atoms with Gasteiger partial charge in [0.05, 0.1) is 11.2 Å². The van der Waals surface area contributed by atoms with Crippen LogP contribution in [0.15, 0.2) is 11.6 Å². The lowest BCUT2D eigenvalue weighted by Gasteiger charge is -2.42. The summed E-state index contributed by atoms with van der Waals surface area (Å²) in [6.45, 7) is 1.78. The zero-order valence-corrected chi connectivity index (χ0v) is 7.51. The van der Waals surface area contributed by atoms with E-state index in [0.29, 0.717) is 6.42 Å². The lowest BCUT2D eigenvalue weighted by Crippen LogP contribution is -2.44. The maximum atomic E-state index is 10.0. The fraction of sp³-hybridized carbons (Fsp3) is 0.800. The van der Waals surface area contributed by atoms with Crippen LogP contribution in [0.1, 0.15) is 39.0 Å². The van der Waals surface area contributed by atoms with Gasteiger partial charge >= 0.3 is 0 Å². The maximum Gasteiger partial charge on any atom is 0.0829 e. The van der Waals surface area contributed by atoms with Gasteiger partial charge in [0.2, 0.25) is 0 Å². The molecule has 0 heterocycles. The largest absolute Gasteiger partial charge is 0.389 e. The Labute approximate surface area is 72.9 Å². The first-order chi connectivity index (χ1) is 5.49. The lowest BCUT2D eigenvalue weighted by molar-refractivity contribution is -0.0573. The van der Waals surface area contributed by atoms with Crippen LogP contribution in [-0.4, -0.2) is 21.4 Å². The summed E-state index contributed by atoms with van der Waals surface area (Å²) in [6, 6.07) is 0. The van der Waals surface area contributed by atoms with Crippen molar-refractivity contribution in [2.75, 3.05) is 0 Å². The zero-order chi connectivity index (χ0) is 8.82. The van der Waals surface area contributed by atoms with Gasteiger partial charge in [-0.1, -0.05) is 11.6 Å². The topological polar surface area (TPSA) is 40.5 Å². The van der Waals surface area contributed by atoms with Crippen LogP contribution in [0.4, 0.5) is 0 Å². The highest BCUT2D eigenvalue weighted by Crippen LogP contribution is 2.42. The highest BCUT2D eigenvalue weighted by molar-refractivity contribution is 5.21. The Morgan fingerprint density at radius 1 is 1.42 bits per heavy atom. The van der Waals surface area contributed by atoms with Crippen molar-refractivity contribution >= 4 is 0 Å². The number of aliphatic hydroxyl groups is 2. The molecule has 2 bridgehead atoms. The number of rotatable bonds is 0. The van der Waals surface area contributed by atoms with Crippen molar-refractivity contribution in [2.24, 2.45) is 0 Å². The number of fused-ring (bicyclic) bond motifs is 2. The lowest BCUT2D eigenvalue weighted by atomic mass is 9.70. The smallest absolute Gasteiger partial charge is 0.0829 e. The molecule has 0 aromatic carbocycles. The van der Waals surface area contributed by atoms with Crippen LogP contribution < -0.4 is 0 Å². The van der Waals surface area contributed by atoms with Crippen molar-refractivity contribution in [3.05, 3.63) is 11.6 Å². The second-order valence-corrected chi connectivity index (χ2v) is 4.59. The molecule has 2 nitrogen and oxygen atoms in total. The molecule has 2 N–H and O–H groups in total.